The van der Waals surface area contributed by atoms with Crippen molar-refractivity contribution >= 4 is 15.8 Å². The molecule has 0 aromatic rings. The average Bonchev–Trinajstić information content (AvgIpc) is 2.00. The van der Waals surface area contributed by atoms with E-state index in [1.807, 2.05) is 0 Å². The Kier molecular flexibility index (Phi) is 19.5. The van der Waals surface area contributed by atoms with Gasteiger partial charge in [-0.3, -0.25) is 0 Å². The molecule has 0 saturated carbocycles. The van der Waals surface area contributed by atoms with Crippen molar-refractivity contribution in [3.63, 3.8) is 0 Å². The number of hydrogen-bond donors (Lipinski definition) is 1. The van der Waals surface area contributed by atoms with Crippen LogP contribution in [0.3, 0.4) is 0 Å². The van der Waals surface area contributed by atoms with E-state index in [-0.39, 0.29) is 9.76 Å². The fraction of sp³-hybridized carbons (Fsp3) is 0.857. The quantitative estimate of drug-likeness (QED) is 0.296. The Morgan fingerprint density at radius 2 is 2.09 bits per heavy atom. The van der Waals surface area contributed by atoms with Gasteiger partial charge >= 0.3 is 0 Å². The van der Waals surface area contributed by atoms with Crippen molar-refractivity contribution in [3.8, 4) is 0 Å². The molecule has 0 unspecified atom stereocenters. The summed E-state index contributed by atoms with van der Waals surface area (Å²) in [5.41, 5.74) is 0. The van der Waals surface area contributed by atoms with Gasteiger partial charge in [0.2, 0.25) is 6.08 Å². The zero-order valence-electron chi connectivity index (χ0n) is 7.35. The molecule has 0 amide bonds. The summed E-state index contributed by atoms with van der Waals surface area (Å²) >= 11 is 0. The molecule has 0 aromatic carbocycles. The van der Waals surface area contributed by atoms with Gasteiger partial charge in [0.25, 0.3) is 0 Å². The lowest BCUT2D eigenvalue weighted by Crippen LogP contribution is -1.95. The lowest BCUT2D eigenvalue weighted by atomic mass is 10.4. The Labute approximate surface area is 70.6 Å². The van der Waals surface area contributed by atoms with Crippen LogP contribution < -0.4 is 0 Å². The molecule has 0 bridgehead atoms. The molecule has 0 aromatic heterocycles. The summed E-state index contributed by atoms with van der Waals surface area (Å²) in [6.07, 6.45) is 3.44. The van der Waals surface area contributed by atoms with Crippen molar-refractivity contribution < 1.29 is 9.22 Å². The van der Waals surface area contributed by atoms with Crippen LogP contribution >= 0.6 is 0 Å². The van der Waals surface area contributed by atoms with Gasteiger partial charge in [-0.25, -0.2) is 10.2 Å². The van der Waals surface area contributed by atoms with E-state index in [0.717, 1.165) is 12.7 Å². The second-order valence-electron chi connectivity index (χ2n) is 2.01. The van der Waals surface area contributed by atoms with Crippen molar-refractivity contribution in [2.24, 2.45) is 0 Å². The maximum absolute atomic E-state index is 8.35. The predicted molar refractivity (Wildman–Crippen MR) is 48.3 cm³/mol. The molecular weight excluding hydrogens is 158 g/mol. The van der Waals surface area contributed by atoms with Crippen LogP contribution in [-0.2, 0) is 9.22 Å². The highest BCUT2D eigenvalue weighted by molar-refractivity contribution is 6.26. The predicted octanol–water partition coefficient (Wildman–Crippen LogP) is 1.23. The number of carbonyl (C=O) groups excluding carboxylic acids is 1. The summed E-state index contributed by atoms with van der Waals surface area (Å²) in [5.74, 6) is 0. The first-order valence-electron chi connectivity index (χ1n) is 3.95. The molecule has 66 valence electrons. The molecule has 0 aliphatic heterocycles. The first-order valence-corrected chi connectivity index (χ1v) is 5.52. The highest BCUT2D eigenvalue weighted by atomic mass is 28.2. The smallest absolute Gasteiger partial charge is 0.231 e. The molecule has 0 aliphatic carbocycles. The van der Waals surface area contributed by atoms with E-state index >= 15 is 0 Å². The summed E-state index contributed by atoms with van der Waals surface area (Å²) in [4.78, 5) is 8.35. The molecule has 0 heterocycles. The lowest BCUT2D eigenvalue weighted by Gasteiger charge is -1.96. The van der Waals surface area contributed by atoms with E-state index < -0.39 is 0 Å². The summed E-state index contributed by atoms with van der Waals surface area (Å²) in [6, 6.07) is 1.37. The third-order valence-electron chi connectivity index (χ3n) is 1.10. The van der Waals surface area contributed by atoms with Crippen LogP contribution in [0.1, 0.15) is 26.7 Å². The number of unbranched alkanes of at least 4 members (excludes halogenated alkanes) is 1. The Bertz CT molecular complexity index is 86.4. The lowest BCUT2D eigenvalue weighted by molar-refractivity contribution is 0.359. The summed E-state index contributed by atoms with van der Waals surface area (Å²) in [6.45, 7) is 5.22. The van der Waals surface area contributed by atoms with Crippen molar-refractivity contribution in [1.29, 1.82) is 5.41 Å². The van der Waals surface area contributed by atoms with Gasteiger partial charge in [0.1, 0.15) is 0 Å². The van der Waals surface area contributed by atoms with Gasteiger partial charge in [0.05, 0.1) is 0 Å². The van der Waals surface area contributed by atoms with Crippen LogP contribution in [0.15, 0.2) is 0 Å². The van der Waals surface area contributed by atoms with Gasteiger partial charge in [-0.05, 0) is 13.0 Å². The zero-order valence-corrected chi connectivity index (χ0v) is 8.77. The van der Waals surface area contributed by atoms with Gasteiger partial charge in [-0.1, -0.05) is 19.8 Å². The second kappa shape index (κ2) is 16.3. The van der Waals surface area contributed by atoms with Crippen molar-refractivity contribution in [3.05, 3.63) is 0 Å². The molecular formula is C7H17NO2Si. The molecule has 3 nitrogen and oxygen atoms in total. The minimum Gasteiger partial charge on any atom is -0.424 e. The minimum atomic E-state index is -0.0997. The molecule has 0 fully saturated rings. The summed E-state index contributed by atoms with van der Waals surface area (Å²) in [5, 5.41) is 5.40. The maximum atomic E-state index is 8.35. The monoisotopic (exact) mass is 175 g/mol. The first kappa shape index (κ1) is 13.2. The number of rotatable bonds is 5. The van der Waals surface area contributed by atoms with Crippen LogP contribution in [-0.4, -0.2) is 22.4 Å². The van der Waals surface area contributed by atoms with E-state index in [2.05, 4.69) is 13.8 Å². The largest absolute Gasteiger partial charge is 0.424 e. The van der Waals surface area contributed by atoms with Crippen molar-refractivity contribution in [1.82, 2.24) is 0 Å². The minimum absolute atomic E-state index is 0.0997. The standard InChI is InChI=1S/C6H16OSi.CHNO/c1-3-5-6-8-7-4-2;2-1-3/h3-6,8H2,1-2H3;2H. The van der Waals surface area contributed by atoms with E-state index in [1.54, 1.807) is 0 Å². The van der Waals surface area contributed by atoms with Crippen LogP contribution in [0.4, 0.5) is 0 Å². The van der Waals surface area contributed by atoms with Crippen molar-refractivity contribution in [2.45, 2.75) is 32.7 Å². The van der Waals surface area contributed by atoms with Gasteiger partial charge in [-0.15, -0.1) is 0 Å². The molecule has 11 heavy (non-hydrogen) atoms. The topological polar surface area (TPSA) is 50.1 Å². The number of hydrogen-bond acceptors (Lipinski definition) is 3. The average molecular weight is 175 g/mol. The van der Waals surface area contributed by atoms with Crippen molar-refractivity contribution in [2.75, 3.05) is 6.61 Å². The zero-order chi connectivity index (χ0) is 8.95. The molecule has 0 atom stereocenters. The van der Waals surface area contributed by atoms with Crippen LogP contribution in [0.5, 0.6) is 0 Å². The molecule has 0 spiro atoms. The van der Waals surface area contributed by atoms with E-state index in [0.29, 0.717) is 0 Å². The summed E-state index contributed by atoms with van der Waals surface area (Å²) < 4.78 is 5.27. The SMILES string of the molecule is CCCC[SiH2]OCC.N=C=O. The molecule has 0 radical (unpaired) electrons. The van der Waals surface area contributed by atoms with Gasteiger partial charge in [0, 0.05) is 6.61 Å². The normalized spacial score (nSPS) is 8.91. The fourth-order valence-electron chi connectivity index (χ4n) is 0.598. The molecule has 0 rings (SSSR count). The van der Waals surface area contributed by atoms with E-state index in [1.165, 1.54) is 18.9 Å². The van der Waals surface area contributed by atoms with Gasteiger partial charge in [-0.2, -0.15) is 0 Å². The Morgan fingerprint density at radius 3 is 2.45 bits per heavy atom. The first-order chi connectivity index (χ1) is 5.33. The van der Waals surface area contributed by atoms with Gasteiger partial charge in [0.15, 0.2) is 9.76 Å². The summed E-state index contributed by atoms with van der Waals surface area (Å²) in [7, 11) is -0.0997. The van der Waals surface area contributed by atoms with Crippen LogP contribution in [0.2, 0.25) is 6.04 Å². The Hall–Kier alpha value is -0.443. The highest BCUT2D eigenvalue weighted by Gasteiger charge is 1.84. The fourth-order valence-corrected chi connectivity index (χ4v) is 1.80. The van der Waals surface area contributed by atoms with Crippen LogP contribution in [0.25, 0.3) is 0 Å². The third kappa shape index (κ3) is 26.3. The maximum Gasteiger partial charge on any atom is 0.231 e. The molecule has 4 heteroatoms. The van der Waals surface area contributed by atoms with E-state index in [9.17, 15) is 0 Å². The number of nitrogens with one attached hydrogen (secondary N) is 1. The third-order valence-corrected chi connectivity index (χ3v) is 2.58. The molecule has 1 N–H and O–H groups in total. The molecule has 0 saturated heterocycles. The van der Waals surface area contributed by atoms with Gasteiger partial charge < -0.3 is 4.43 Å². The second-order valence-corrected chi connectivity index (χ2v) is 3.53. The van der Waals surface area contributed by atoms with E-state index in [4.69, 9.17) is 14.6 Å². The Balaban J connectivity index is 0. The number of isocyanates is 1. The Morgan fingerprint density at radius 1 is 1.55 bits per heavy atom. The molecule has 0 aliphatic rings. The highest BCUT2D eigenvalue weighted by Crippen LogP contribution is 1.92. The van der Waals surface area contributed by atoms with Crippen LogP contribution in [0, 0.1) is 5.41 Å².